The number of benzene rings is 2. The zero-order valence-corrected chi connectivity index (χ0v) is 17.8. The summed E-state index contributed by atoms with van der Waals surface area (Å²) in [5, 5.41) is 12.3. The van der Waals surface area contributed by atoms with Crippen molar-refractivity contribution in [2.24, 2.45) is 0 Å². The molecule has 0 saturated carbocycles. The number of aryl methyl sites for hydroxylation is 2. The maximum absolute atomic E-state index is 12.6. The van der Waals surface area contributed by atoms with Crippen LogP contribution in [-0.2, 0) is 4.79 Å². The van der Waals surface area contributed by atoms with Gasteiger partial charge in [-0.3, -0.25) is 14.9 Å². The third kappa shape index (κ3) is 4.04. The highest BCUT2D eigenvalue weighted by Crippen LogP contribution is 2.34. The van der Waals surface area contributed by atoms with Gasteiger partial charge in [-0.1, -0.05) is 17.4 Å². The van der Waals surface area contributed by atoms with Gasteiger partial charge in [-0.2, -0.15) is 0 Å². The average Bonchev–Trinajstić information content (AvgIpc) is 3.36. The van der Waals surface area contributed by atoms with Gasteiger partial charge in [0.1, 0.15) is 10.8 Å². The van der Waals surface area contributed by atoms with Crippen LogP contribution in [0, 0.1) is 13.8 Å². The number of nitrogens with zero attached hydrogens (tertiary/aromatic N) is 3. The zero-order valence-electron chi connectivity index (χ0n) is 17.0. The molecule has 0 spiro atoms. The van der Waals surface area contributed by atoms with E-state index in [9.17, 15) is 9.59 Å². The topological polar surface area (TPSA) is 84.4 Å². The van der Waals surface area contributed by atoms with Crippen molar-refractivity contribution in [3.8, 4) is 5.75 Å². The first-order valence-corrected chi connectivity index (χ1v) is 10.4. The third-order valence-electron chi connectivity index (χ3n) is 5.29. The summed E-state index contributed by atoms with van der Waals surface area (Å²) in [6.07, 6.45) is 0.383. The number of rotatable bonds is 5. The summed E-state index contributed by atoms with van der Waals surface area (Å²) in [7, 11) is 1.58. The number of amides is 2. The monoisotopic (exact) mass is 422 g/mol. The van der Waals surface area contributed by atoms with E-state index in [0.717, 1.165) is 16.3 Å². The highest BCUT2D eigenvalue weighted by atomic mass is 32.1. The van der Waals surface area contributed by atoms with E-state index in [0.29, 0.717) is 29.4 Å². The summed E-state index contributed by atoms with van der Waals surface area (Å²) in [6.45, 7) is 4.65. The molecular weight excluding hydrogens is 400 g/mol. The number of hydrogen-bond acceptors (Lipinski definition) is 6. The van der Waals surface area contributed by atoms with Crippen molar-refractivity contribution in [1.29, 1.82) is 0 Å². The molecule has 1 atom stereocenters. The molecule has 0 unspecified atom stereocenters. The van der Waals surface area contributed by atoms with Crippen molar-refractivity contribution in [2.75, 3.05) is 23.9 Å². The Morgan fingerprint density at radius 2 is 1.90 bits per heavy atom. The van der Waals surface area contributed by atoms with E-state index < -0.39 is 0 Å². The molecule has 0 aliphatic carbocycles. The Kier molecular flexibility index (Phi) is 5.50. The van der Waals surface area contributed by atoms with E-state index in [1.54, 1.807) is 36.3 Å². The molecule has 2 heterocycles. The van der Waals surface area contributed by atoms with Crippen molar-refractivity contribution in [3.63, 3.8) is 0 Å². The summed E-state index contributed by atoms with van der Waals surface area (Å²) < 4.78 is 5.11. The number of anilines is 2. The minimum absolute atomic E-state index is 0.0387. The molecule has 1 fully saturated rings. The van der Waals surface area contributed by atoms with Crippen LogP contribution in [0.25, 0.3) is 0 Å². The summed E-state index contributed by atoms with van der Waals surface area (Å²) in [5.74, 6) is 0.453. The highest BCUT2D eigenvalue weighted by Gasteiger charge is 2.34. The molecule has 2 amide bonds. The summed E-state index contributed by atoms with van der Waals surface area (Å²) >= 11 is 1.31. The van der Waals surface area contributed by atoms with E-state index in [1.807, 2.05) is 25.1 Å². The Bertz CT molecular complexity index is 1090. The van der Waals surface area contributed by atoms with Crippen LogP contribution in [0.5, 0.6) is 5.75 Å². The number of methoxy groups -OCH3 is 1. The predicted octanol–water partition coefficient (Wildman–Crippen LogP) is 3.94. The van der Waals surface area contributed by atoms with Gasteiger partial charge < -0.3 is 9.64 Å². The van der Waals surface area contributed by atoms with Gasteiger partial charge in [0.05, 0.1) is 7.11 Å². The normalized spacial score (nSPS) is 16.0. The average molecular weight is 423 g/mol. The third-order valence-corrected chi connectivity index (χ3v) is 6.29. The fourth-order valence-electron chi connectivity index (χ4n) is 3.38. The molecule has 1 saturated heterocycles. The van der Waals surface area contributed by atoms with Gasteiger partial charge in [-0.15, -0.1) is 10.2 Å². The lowest BCUT2D eigenvalue weighted by molar-refractivity contribution is -0.117. The summed E-state index contributed by atoms with van der Waals surface area (Å²) in [5.41, 5.74) is 3.76. The maximum atomic E-state index is 12.6. The van der Waals surface area contributed by atoms with E-state index in [2.05, 4.69) is 22.4 Å². The largest absolute Gasteiger partial charge is 0.497 e. The Balaban J connectivity index is 1.44. The van der Waals surface area contributed by atoms with Crippen LogP contribution in [0.15, 0.2) is 42.5 Å². The number of carbonyl (C=O) groups excluding carboxylic acids is 2. The first kappa shape index (κ1) is 20.0. The molecule has 0 radical (unpaired) electrons. The molecule has 30 heavy (non-hydrogen) atoms. The molecule has 2 aromatic carbocycles. The summed E-state index contributed by atoms with van der Waals surface area (Å²) in [6, 6.07) is 12.9. The van der Waals surface area contributed by atoms with E-state index in [-0.39, 0.29) is 17.7 Å². The second-order valence-corrected chi connectivity index (χ2v) is 8.31. The number of carbonyl (C=O) groups is 2. The van der Waals surface area contributed by atoms with Crippen LogP contribution in [-0.4, -0.2) is 35.7 Å². The van der Waals surface area contributed by atoms with Crippen LogP contribution >= 0.6 is 11.3 Å². The lowest BCUT2D eigenvalue weighted by Gasteiger charge is -2.17. The molecule has 1 aliphatic heterocycles. The predicted molar refractivity (Wildman–Crippen MR) is 116 cm³/mol. The molecule has 7 nitrogen and oxygen atoms in total. The highest BCUT2D eigenvalue weighted by molar-refractivity contribution is 7.15. The molecule has 3 aromatic rings. The van der Waals surface area contributed by atoms with Gasteiger partial charge in [-0.05, 0) is 61.4 Å². The molecule has 1 N–H and O–H groups in total. The number of aromatic nitrogens is 2. The SMILES string of the molecule is COc1ccc(C(=O)Nc2nnc([C@@H]3CC(=O)N(c4ccc(C)c(C)c4)C3)s2)cc1. The molecular formula is C22H22N4O3S. The van der Waals surface area contributed by atoms with Crippen molar-refractivity contribution >= 4 is 34.0 Å². The molecule has 1 aliphatic rings. The Morgan fingerprint density at radius 1 is 1.13 bits per heavy atom. The standard InChI is InChI=1S/C22H22N4O3S/c1-13-4-7-17(10-14(13)2)26-12-16(11-19(26)27)21-24-25-22(30-21)23-20(28)15-5-8-18(29-3)9-6-15/h4-10,16H,11-12H2,1-3H3,(H,23,25,28)/t16-/m1/s1. The van der Waals surface area contributed by atoms with E-state index >= 15 is 0 Å². The van der Waals surface area contributed by atoms with Crippen LogP contribution in [0.2, 0.25) is 0 Å². The van der Waals surface area contributed by atoms with Gasteiger partial charge in [0.15, 0.2) is 0 Å². The molecule has 1 aromatic heterocycles. The van der Waals surface area contributed by atoms with E-state index in [1.165, 1.54) is 16.9 Å². The van der Waals surface area contributed by atoms with E-state index in [4.69, 9.17) is 4.74 Å². The minimum atomic E-state index is -0.264. The van der Waals surface area contributed by atoms with Gasteiger partial charge >= 0.3 is 0 Å². The Hall–Kier alpha value is -3.26. The second-order valence-electron chi connectivity index (χ2n) is 7.30. The first-order chi connectivity index (χ1) is 14.4. The van der Waals surface area contributed by atoms with Gasteiger partial charge in [0, 0.05) is 30.1 Å². The fraction of sp³-hybridized carbons (Fsp3) is 0.273. The van der Waals surface area contributed by atoms with Crippen LogP contribution in [0.1, 0.15) is 38.8 Å². The molecule has 8 heteroatoms. The van der Waals surface area contributed by atoms with Crippen molar-refractivity contribution in [2.45, 2.75) is 26.2 Å². The Morgan fingerprint density at radius 3 is 2.60 bits per heavy atom. The van der Waals surface area contributed by atoms with Gasteiger partial charge in [0.2, 0.25) is 11.0 Å². The number of nitrogens with one attached hydrogen (secondary N) is 1. The molecule has 4 rings (SSSR count). The van der Waals surface area contributed by atoms with Crippen LogP contribution in [0.3, 0.4) is 0 Å². The maximum Gasteiger partial charge on any atom is 0.257 e. The first-order valence-electron chi connectivity index (χ1n) is 9.61. The lowest BCUT2D eigenvalue weighted by Crippen LogP contribution is -2.24. The number of hydrogen-bond donors (Lipinski definition) is 1. The Labute approximate surface area is 178 Å². The van der Waals surface area contributed by atoms with Crippen molar-refractivity contribution in [1.82, 2.24) is 10.2 Å². The van der Waals surface area contributed by atoms with Crippen LogP contribution < -0.4 is 15.0 Å². The van der Waals surface area contributed by atoms with Crippen LogP contribution in [0.4, 0.5) is 10.8 Å². The minimum Gasteiger partial charge on any atom is -0.497 e. The molecule has 0 bridgehead atoms. The lowest BCUT2D eigenvalue weighted by atomic mass is 10.1. The van der Waals surface area contributed by atoms with Crippen molar-refractivity contribution in [3.05, 3.63) is 64.2 Å². The van der Waals surface area contributed by atoms with Gasteiger partial charge in [0.25, 0.3) is 5.91 Å². The van der Waals surface area contributed by atoms with Gasteiger partial charge in [-0.25, -0.2) is 0 Å². The summed E-state index contributed by atoms with van der Waals surface area (Å²) in [4.78, 5) is 26.8. The quantitative estimate of drug-likeness (QED) is 0.673. The smallest absolute Gasteiger partial charge is 0.257 e. The zero-order chi connectivity index (χ0) is 21.3. The number of ether oxygens (including phenoxy) is 1. The molecule has 154 valence electrons. The van der Waals surface area contributed by atoms with Crippen molar-refractivity contribution < 1.29 is 14.3 Å². The fourth-order valence-corrected chi connectivity index (χ4v) is 4.21. The second kappa shape index (κ2) is 8.23.